The van der Waals surface area contributed by atoms with Gasteiger partial charge in [-0.05, 0) is 26.7 Å². The van der Waals surface area contributed by atoms with Crippen molar-refractivity contribution in [2.75, 3.05) is 5.75 Å². The maximum Gasteiger partial charge on any atom is 0.304 e. The molecule has 94 valence electrons. The molecular weight excluding hydrogens is 232 g/mol. The highest BCUT2D eigenvalue weighted by Gasteiger charge is 2.31. The van der Waals surface area contributed by atoms with Gasteiger partial charge in [-0.2, -0.15) is 0 Å². The van der Waals surface area contributed by atoms with Gasteiger partial charge >= 0.3 is 5.97 Å². The van der Waals surface area contributed by atoms with Crippen LogP contribution in [0, 0.1) is 0 Å². The largest absolute Gasteiger partial charge is 0.481 e. The summed E-state index contributed by atoms with van der Waals surface area (Å²) in [5, 5.41) is 7.71. The fourth-order valence-corrected chi connectivity index (χ4v) is 3.29. The lowest BCUT2D eigenvalue weighted by atomic mass is 10.2. The van der Waals surface area contributed by atoms with Crippen LogP contribution in [0.4, 0.5) is 0 Å². The highest BCUT2D eigenvalue weighted by molar-refractivity contribution is 7.92. The molecule has 1 aliphatic heterocycles. The minimum atomic E-state index is -3.37. The first-order valence-corrected chi connectivity index (χ1v) is 7.11. The number of aliphatic carboxylic acids is 1. The quantitative estimate of drug-likeness (QED) is 0.781. The first-order valence-electron chi connectivity index (χ1n) is 5.40. The van der Waals surface area contributed by atoms with Crippen molar-refractivity contribution in [3.8, 4) is 0 Å². The van der Waals surface area contributed by atoms with E-state index in [-0.39, 0.29) is 24.4 Å². The number of sulfone groups is 1. The van der Waals surface area contributed by atoms with Crippen LogP contribution >= 0.6 is 0 Å². The van der Waals surface area contributed by atoms with Crippen molar-refractivity contribution in [3.63, 3.8) is 0 Å². The Morgan fingerprint density at radius 1 is 1.50 bits per heavy atom. The van der Waals surface area contributed by atoms with E-state index in [0.717, 1.165) is 12.8 Å². The van der Waals surface area contributed by atoms with E-state index in [1.165, 1.54) is 6.92 Å². The number of hydrogen-bond acceptors (Lipinski definition) is 4. The van der Waals surface area contributed by atoms with Gasteiger partial charge in [0.05, 0.1) is 29.6 Å². The van der Waals surface area contributed by atoms with Crippen molar-refractivity contribution < 1.29 is 23.1 Å². The van der Waals surface area contributed by atoms with E-state index in [1.54, 1.807) is 0 Å². The summed E-state index contributed by atoms with van der Waals surface area (Å²) in [6, 6.07) is 0. The zero-order valence-corrected chi connectivity index (χ0v) is 10.4. The Morgan fingerprint density at radius 2 is 2.12 bits per heavy atom. The van der Waals surface area contributed by atoms with Gasteiger partial charge in [0.2, 0.25) is 0 Å². The van der Waals surface area contributed by atoms with Gasteiger partial charge in [-0.25, -0.2) is 8.42 Å². The number of hydrogen-bond donors (Lipinski definition) is 1. The highest BCUT2D eigenvalue weighted by atomic mass is 32.2. The van der Waals surface area contributed by atoms with Crippen LogP contribution in [0.2, 0.25) is 0 Å². The molecule has 0 aliphatic carbocycles. The number of ether oxygens (including phenoxy) is 1. The standard InChI is InChI=1S/C10H18O5S/c1-7-3-4-9(15-7)6-16(13,14)8(2)5-10(11)12/h7-9H,3-6H2,1-2H3,(H,11,12). The molecule has 1 aliphatic rings. The maximum atomic E-state index is 11.8. The summed E-state index contributed by atoms with van der Waals surface area (Å²) in [6.45, 7) is 3.34. The Labute approximate surface area is 95.7 Å². The van der Waals surface area contributed by atoms with Gasteiger partial charge in [-0.15, -0.1) is 0 Å². The monoisotopic (exact) mass is 250 g/mol. The Hall–Kier alpha value is -0.620. The summed E-state index contributed by atoms with van der Waals surface area (Å²) in [6.07, 6.45) is 1.10. The number of carbonyl (C=O) groups is 1. The van der Waals surface area contributed by atoms with E-state index in [2.05, 4.69) is 0 Å². The molecule has 5 nitrogen and oxygen atoms in total. The molecule has 16 heavy (non-hydrogen) atoms. The molecule has 3 atom stereocenters. The van der Waals surface area contributed by atoms with Gasteiger partial charge < -0.3 is 9.84 Å². The molecule has 0 aromatic carbocycles. The lowest BCUT2D eigenvalue weighted by Gasteiger charge is -2.15. The molecule has 0 spiro atoms. The van der Waals surface area contributed by atoms with E-state index in [1.807, 2.05) is 6.92 Å². The molecule has 0 aromatic rings. The molecule has 0 amide bonds. The van der Waals surface area contributed by atoms with Gasteiger partial charge in [-0.1, -0.05) is 0 Å². The van der Waals surface area contributed by atoms with E-state index >= 15 is 0 Å². The average Bonchev–Trinajstić information content (AvgIpc) is 2.49. The molecule has 1 heterocycles. The summed E-state index contributed by atoms with van der Waals surface area (Å²) in [5.74, 6) is -1.15. The van der Waals surface area contributed by atoms with Gasteiger partial charge in [0.1, 0.15) is 0 Å². The highest BCUT2D eigenvalue weighted by Crippen LogP contribution is 2.22. The van der Waals surface area contributed by atoms with Gasteiger partial charge in [0, 0.05) is 0 Å². The minimum absolute atomic E-state index is 0.0637. The molecule has 1 rings (SSSR count). The van der Waals surface area contributed by atoms with Crippen LogP contribution in [-0.2, 0) is 19.4 Å². The third-order valence-electron chi connectivity index (χ3n) is 2.81. The lowest BCUT2D eigenvalue weighted by Crippen LogP contribution is -2.30. The summed E-state index contributed by atoms with van der Waals surface area (Å²) in [5.41, 5.74) is 0. The van der Waals surface area contributed by atoms with Crippen LogP contribution in [0.1, 0.15) is 33.1 Å². The SMILES string of the molecule is CC1CCC(CS(=O)(=O)C(C)CC(=O)O)O1. The van der Waals surface area contributed by atoms with Crippen LogP contribution in [0.3, 0.4) is 0 Å². The predicted octanol–water partition coefficient (Wildman–Crippen LogP) is 0.832. The van der Waals surface area contributed by atoms with Gasteiger partial charge in [-0.3, -0.25) is 4.79 Å². The lowest BCUT2D eigenvalue weighted by molar-refractivity contribution is -0.136. The van der Waals surface area contributed by atoms with Crippen molar-refractivity contribution in [3.05, 3.63) is 0 Å². The Bertz CT molecular complexity index is 348. The molecular formula is C10H18O5S. The number of rotatable bonds is 5. The molecule has 0 bridgehead atoms. The molecule has 6 heteroatoms. The minimum Gasteiger partial charge on any atom is -0.481 e. The molecule has 1 fully saturated rings. The van der Waals surface area contributed by atoms with Gasteiger partial charge in [0.25, 0.3) is 0 Å². The average molecular weight is 250 g/mol. The fourth-order valence-electron chi connectivity index (χ4n) is 1.80. The Morgan fingerprint density at radius 3 is 2.56 bits per heavy atom. The van der Waals surface area contributed by atoms with Gasteiger partial charge in [0.15, 0.2) is 9.84 Å². The molecule has 1 N–H and O–H groups in total. The second-order valence-electron chi connectivity index (χ2n) is 4.38. The molecule has 1 saturated heterocycles. The first-order chi connectivity index (χ1) is 7.31. The third-order valence-corrected chi connectivity index (χ3v) is 5.04. The third kappa shape index (κ3) is 3.75. The van der Waals surface area contributed by atoms with Crippen molar-refractivity contribution in [1.82, 2.24) is 0 Å². The van der Waals surface area contributed by atoms with E-state index in [4.69, 9.17) is 9.84 Å². The summed E-state index contributed by atoms with van der Waals surface area (Å²) >= 11 is 0. The van der Waals surface area contributed by atoms with Crippen LogP contribution in [0.5, 0.6) is 0 Å². The van der Waals surface area contributed by atoms with E-state index in [0.29, 0.717) is 0 Å². The molecule has 0 radical (unpaired) electrons. The fraction of sp³-hybridized carbons (Fsp3) is 0.900. The molecule has 3 unspecified atom stereocenters. The summed E-state index contributed by atoms with van der Waals surface area (Å²) in [4.78, 5) is 10.4. The van der Waals surface area contributed by atoms with Crippen LogP contribution < -0.4 is 0 Å². The summed E-state index contributed by atoms with van der Waals surface area (Å²) in [7, 11) is -3.37. The second kappa shape index (κ2) is 5.14. The normalized spacial score (nSPS) is 27.9. The van der Waals surface area contributed by atoms with Crippen molar-refractivity contribution >= 4 is 15.8 Å². The van der Waals surface area contributed by atoms with E-state index < -0.39 is 21.1 Å². The van der Waals surface area contributed by atoms with Crippen LogP contribution in [0.25, 0.3) is 0 Å². The molecule has 0 saturated carbocycles. The van der Waals surface area contributed by atoms with Crippen molar-refractivity contribution in [2.45, 2.75) is 50.6 Å². The molecule has 0 aromatic heterocycles. The topological polar surface area (TPSA) is 80.7 Å². The van der Waals surface area contributed by atoms with Crippen LogP contribution in [0.15, 0.2) is 0 Å². The van der Waals surface area contributed by atoms with E-state index in [9.17, 15) is 13.2 Å². The summed E-state index contributed by atoms with van der Waals surface area (Å²) < 4.78 is 29.0. The first kappa shape index (κ1) is 13.4. The van der Waals surface area contributed by atoms with Crippen LogP contribution in [-0.4, -0.2) is 42.7 Å². The number of carboxylic acid groups (broad SMARTS) is 1. The Balaban J connectivity index is 2.54. The zero-order valence-electron chi connectivity index (χ0n) is 9.55. The smallest absolute Gasteiger partial charge is 0.304 e. The maximum absolute atomic E-state index is 11.8. The van der Waals surface area contributed by atoms with Crippen molar-refractivity contribution in [2.24, 2.45) is 0 Å². The second-order valence-corrected chi connectivity index (χ2v) is 6.85. The zero-order chi connectivity index (χ0) is 12.3. The Kier molecular flexibility index (Phi) is 4.32. The van der Waals surface area contributed by atoms with Crippen molar-refractivity contribution in [1.29, 1.82) is 0 Å². The number of carboxylic acids is 1. The predicted molar refractivity (Wildman–Crippen MR) is 59.1 cm³/mol.